The molecule has 344 valence electrons. The third-order valence-electron chi connectivity index (χ3n) is 11.9. The van der Waals surface area contributed by atoms with Crippen LogP contribution in [0.2, 0.25) is 0 Å². The van der Waals surface area contributed by atoms with Crippen molar-refractivity contribution in [3.63, 3.8) is 0 Å². The normalized spacial score (nSPS) is 11.8. The highest BCUT2D eigenvalue weighted by atomic mass is 16.6. The minimum atomic E-state index is -0.759. The van der Waals surface area contributed by atoms with E-state index in [0.717, 1.165) is 57.8 Å². The van der Waals surface area contributed by atoms with Gasteiger partial charge in [0.2, 0.25) is 0 Å². The monoisotopic (exact) mass is 821 g/mol. The average Bonchev–Trinajstić information content (AvgIpc) is 3.22. The van der Waals surface area contributed by atoms with Gasteiger partial charge >= 0.3 is 17.9 Å². The van der Waals surface area contributed by atoms with Gasteiger partial charge in [-0.2, -0.15) is 0 Å². The quantitative estimate of drug-likeness (QED) is 0.0346. The minimum absolute atomic E-state index is 0.0620. The summed E-state index contributed by atoms with van der Waals surface area (Å²) in [6.45, 7) is 6.67. The maximum Gasteiger partial charge on any atom is 0.306 e. The predicted octanol–water partition coefficient (Wildman–Crippen LogP) is 16.8. The first-order valence-electron chi connectivity index (χ1n) is 26.0. The molecule has 0 N–H and O–H groups in total. The van der Waals surface area contributed by atoms with E-state index in [4.69, 9.17) is 14.2 Å². The number of carbonyl (C=O) groups excluding carboxylic acids is 3. The average molecular weight is 821 g/mol. The molecule has 0 saturated carbocycles. The fourth-order valence-corrected chi connectivity index (χ4v) is 7.92. The van der Waals surface area contributed by atoms with E-state index in [0.29, 0.717) is 19.3 Å². The zero-order chi connectivity index (χ0) is 42.3. The predicted molar refractivity (Wildman–Crippen MR) is 247 cm³/mol. The summed E-state index contributed by atoms with van der Waals surface area (Å²) in [5, 5.41) is 0. The number of hydrogen-bond donors (Lipinski definition) is 0. The Balaban J connectivity index is 4.22. The Morgan fingerprint density at radius 1 is 0.276 bits per heavy atom. The molecule has 0 radical (unpaired) electrons. The van der Waals surface area contributed by atoms with Crippen molar-refractivity contribution in [1.29, 1.82) is 0 Å². The van der Waals surface area contributed by atoms with Crippen molar-refractivity contribution in [3.05, 3.63) is 0 Å². The van der Waals surface area contributed by atoms with Crippen molar-refractivity contribution in [3.8, 4) is 0 Å². The first kappa shape index (κ1) is 56.4. The summed E-state index contributed by atoms with van der Waals surface area (Å²) in [5.74, 6) is -0.843. The number of carbonyl (C=O) groups is 3. The molecule has 58 heavy (non-hydrogen) atoms. The van der Waals surface area contributed by atoms with E-state index in [2.05, 4.69) is 20.8 Å². The summed E-state index contributed by atoms with van der Waals surface area (Å²) in [4.78, 5) is 37.9. The molecule has 6 nitrogen and oxygen atoms in total. The van der Waals surface area contributed by atoms with Crippen LogP contribution >= 0.6 is 0 Å². The number of unbranched alkanes of at least 4 members (excludes halogenated alkanes) is 37. The largest absolute Gasteiger partial charge is 0.462 e. The third-order valence-corrected chi connectivity index (χ3v) is 11.9. The number of ether oxygens (including phenoxy) is 3. The van der Waals surface area contributed by atoms with Crippen LogP contribution in [0.1, 0.15) is 297 Å². The molecule has 6 heteroatoms. The van der Waals surface area contributed by atoms with Crippen molar-refractivity contribution < 1.29 is 28.6 Å². The van der Waals surface area contributed by atoms with E-state index in [1.807, 2.05) is 0 Å². The Kier molecular flexibility index (Phi) is 46.8. The Morgan fingerprint density at radius 2 is 0.466 bits per heavy atom. The Labute approximate surface area is 361 Å². The Hall–Kier alpha value is -1.59. The molecule has 0 bridgehead atoms. The molecule has 0 aliphatic rings. The van der Waals surface area contributed by atoms with Gasteiger partial charge in [-0.05, 0) is 19.3 Å². The molecule has 0 heterocycles. The first-order valence-corrected chi connectivity index (χ1v) is 26.0. The van der Waals surface area contributed by atoms with Crippen LogP contribution in [-0.2, 0) is 28.6 Å². The van der Waals surface area contributed by atoms with E-state index in [1.165, 1.54) is 199 Å². The van der Waals surface area contributed by atoms with Crippen molar-refractivity contribution in [2.45, 2.75) is 303 Å². The van der Waals surface area contributed by atoms with Gasteiger partial charge in [0.05, 0.1) is 0 Å². The molecule has 1 atom stereocenters. The second-order valence-electron chi connectivity index (χ2n) is 17.8. The van der Waals surface area contributed by atoms with E-state index in [-0.39, 0.29) is 31.1 Å². The fourth-order valence-electron chi connectivity index (χ4n) is 7.92. The molecule has 0 amide bonds. The Bertz CT molecular complexity index is 859. The molecule has 0 aromatic rings. The molecule has 0 aliphatic carbocycles. The second-order valence-corrected chi connectivity index (χ2v) is 17.8. The maximum absolute atomic E-state index is 12.7. The van der Waals surface area contributed by atoms with Crippen LogP contribution in [0.3, 0.4) is 0 Å². The molecule has 0 aromatic heterocycles. The van der Waals surface area contributed by atoms with Gasteiger partial charge in [0.25, 0.3) is 0 Å². The van der Waals surface area contributed by atoms with Crippen LogP contribution in [0.4, 0.5) is 0 Å². The van der Waals surface area contributed by atoms with E-state index >= 15 is 0 Å². The summed E-state index contributed by atoms with van der Waals surface area (Å²) in [7, 11) is 0. The fraction of sp³-hybridized carbons (Fsp3) is 0.942. The highest BCUT2D eigenvalue weighted by Gasteiger charge is 2.19. The lowest BCUT2D eigenvalue weighted by molar-refractivity contribution is -0.167. The zero-order valence-electron chi connectivity index (χ0n) is 39.3. The summed E-state index contributed by atoms with van der Waals surface area (Å²) in [6, 6.07) is 0. The molecule has 0 spiro atoms. The number of hydrogen-bond acceptors (Lipinski definition) is 6. The molecular formula is C52H100O6. The van der Waals surface area contributed by atoms with Crippen LogP contribution in [0, 0.1) is 0 Å². The van der Waals surface area contributed by atoms with Gasteiger partial charge in [-0.1, -0.05) is 258 Å². The van der Waals surface area contributed by atoms with Crippen LogP contribution in [0.25, 0.3) is 0 Å². The SMILES string of the molecule is CCCCCCCCCCCCCCCCCCCCC(=O)OC[C@H](COC(=O)CCCCCCCCCCCCCC)OC(=O)CCCCCCCCCCCC. The lowest BCUT2D eigenvalue weighted by atomic mass is 10.0. The van der Waals surface area contributed by atoms with E-state index < -0.39 is 6.10 Å². The summed E-state index contributed by atoms with van der Waals surface area (Å²) < 4.78 is 16.8. The third kappa shape index (κ3) is 45.5. The second kappa shape index (κ2) is 48.1. The van der Waals surface area contributed by atoms with Gasteiger partial charge in [-0.15, -0.1) is 0 Å². The van der Waals surface area contributed by atoms with E-state index in [9.17, 15) is 14.4 Å². The van der Waals surface area contributed by atoms with Crippen LogP contribution in [0.15, 0.2) is 0 Å². The number of esters is 3. The molecule has 0 saturated heterocycles. The smallest absolute Gasteiger partial charge is 0.306 e. The molecule has 0 aliphatic heterocycles. The van der Waals surface area contributed by atoms with Gasteiger partial charge in [-0.25, -0.2) is 0 Å². The summed E-state index contributed by atoms with van der Waals surface area (Å²) in [5.41, 5.74) is 0. The van der Waals surface area contributed by atoms with Crippen molar-refractivity contribution in [1.82, 2.24) is 0 Å². The highest BCUT2D eigenvalue weighted by Crippen LogP contribution is 2.17. The molecular weight excluding hydrogens is 721 g/mol. The number of rotatable bonds is 48. The maximum atomic E-state index is 12.7. The first-order chi connectivity index (χ1) is 28.5. The molecule has 0 unspecified atom stereocenters. The van der Waals surface area contributed by atoms with Gasteiger partial charge < -0.3 is 14.2 Å². The molecule has 0 aromatic carbocycles. The zero-order valence-corrected chi connectivity index (χ0v) is 39.3. The Morgan fingerprint density at radius 3 is 0.690 bits per heavy atom. The van der Waals surface area contributed by atoms with Gasteiger partial charge in [-0.3, -0.25) is 14.4 Å². The van der Waals surface area contributed by atoms with Gasteiger partial charge in [0, 0.05) is 19.3 Å². The van der Waals surface area contributed by atoms with Crippen LogP contribution in [0.5, 0.6) is 0 Å². The minimum Gasteiger partial charge on any atom is -0.462 e. The summed E-state index contributed by atoms with van der Waals surface area (Å²) in [6.07, 6.45) is 50.9. The standard InChI is InChI=1S/C52H100O6/c1-4-7-10-13-16-19-22-24-25-26-27-28-29-31-34-36-39-42-45-51(54)57-48-49(58-52(55)46-43-40-37-32-21-18-15-12-9-6-3)47-56-50(53)44-41-38-35-33-30-23-20-17-14-11-8-5-2/h49H,4-48H2,1-3H3/t49-/m0/s1. The van der Waals surface area contributed by atoms with Crippen molar-refractivity contribution in [2.24, 2.45) is 0 Å². The topological polar surface area (TPSA) is 78.9 Å². The van der Waals surface area contributed by atoms with Crippen LogP contribution in [-0.4, -0.2) is 37.2 Å². The van der Waals surface area contributed by atoms with Gasteiger partial charge in [0.15, 0.2) is 6.10 Å². The van der Waals surface area contributed by atoms with Crippen molar-refractivity contribution >= 4 is 17.9 Å². The van der Waals surface area contributed by atoms with Crippen molar-refractivity contribution in [2.75, 3.05) is 13.2 Å². The summed E-state index contributed by atoms with van der Waals surface area (Å²) >= 11 is 0. The van der Waals surface area contributed by atoms with Crippen LogP contribution < -0.4 is 0 Å². The van der Waals surface area contributed by atoms with E-state index in [1.54, 1.807) is 0 Å². The highest BCUT2D eigenvalue weighted by molar-refractivity contribution is 5.71. The molecule has 0 fully saturated rings. The molecule has 0 rings (SSSR count). The lowest BCUT2D eigenvalue weighted by Crippen LogP contribution is -2.30. The van der Waals surface area contributed by atoms with Gasteiger partial charge in [0.1, 0.15) is 13.2 Å². The lowest BCUT2D eigenvalue weighted by Gasteiger charge is -2.18.